The van der Waals surface area contributed by atoms with E-state index in [0.29, 0.717) is 11.4 Å². The lowest BCUT2D eigenvalue weighted by atomic mass is 9.66. The zero-order chi connectivity index (χ0) is 24.5. The van der Waals surface area contributed by atoms with Crippen LogP contribution in [-0.2, 0) is 5.41 Å². The van der Waals surface area contributed by atoms with Gasteiger partial charge in [0.25, 0.3) is 12.4 Å². The van der Waals surface area contributed by atoms with Crippen molar-refractivity contribution in [2.45, 2.75) is 44.4 Å². The van der Waals surface area contributed by atoms with Crippen LogP contribution in [0.25, 0.3) is 17.2 Å². The molecule has 0 saturated heterocycles. The zero-order valence-electron chi connectivity index (χ0n) is 18.8. The third-order valence-corrected chi connectivity index (χ3v) is 7.59. The first-order valence-electron chi connectivity index (χ1n) is 11.1. The van der Waals surface area contributed by atoms with Crippen molar-refractivity contribution in [2.75, 3.05) is 0 Å². The van der Waals surface area contributed by atoms with Crippen molar-refractivity contribution >= 4 is 0 Å². The lowest BCUT2D eigenvalue weighted by Crippen LogP contribution is -2.38. The molecule has 1 aromatic carbocycles. The van der Waals surface area contributed by atoms with Crippen LogP contribution in [0, 0.1) is 17.0 Å². The van der Waals surface area contributed by atoms with E-state index in [9.17, 15) is 17.6 Å². The fraction of sp³-hybridized carbons (Fsp3) is 0.333. The Morgan fingerprint density at radius 1 is 1.06 bits per heavy atom. The van der Waals surface area contributed by atoms with Gasteiger partial charge in [0.15, 0.2) is 0 Å². The maximum absolute atomic E-state index is 14.4. The van der Waals surface area contributed by atoms with Gasteiger partial charge < -0.3 is 0 Å². The van der Waals surface area contributed by atoms with E-state index in [0.717, 1.165) is 29.4 Å². The van der Waals surface area contributed by atoms with Gasteiger partial charge in [-0.05, 0) is 54.0 Å². The summed E-state index contributed by atoms with van der Waals surface area (Å²) in [5.74, 6) is -1.83. The Balaban J connectivity index is 1.49. The predicted octanol–water partition coefficient (Wildman–Crippen LogP) is 4.93. The van der Waals surface area contributed by atoms with E-state index in [2.05, 4.69) is 44.1 Å². The Morgan fingerprint density at radius 3 is 2.54 bits per heavy atom. The van der Waals surface area contributed by atoms with Crippen LogP contribution in [0.15, 0.2) is 42.9 Å². The predicted molar refractivity (Wildman–Crippen MR) is 116 cm³/mol. The van der Waals surface area contributed by atoms with Gasteiger partial charge in [-0.15, -0.1) is 10.2 Å². The molecule has 0 spiro atoms. The lowest BCUT2D eigenvalue weighted by molar-refractivity contribution is 0.140. The fourth-order valence-electron chi connectivity index (χ4n) is 5.93. The average Bonchev–Trinajstić information content (AvgIpc) is 3.48. The number of aromatic nitrogens is 7. The number of halogens is 4. The zero-order valence-corrected chi connectivity index (χ0v) is 18.8. The highest BCUT2D eigenvalue weighted by atomic mass is 19.3. The van der Waals surface area contributed by atoms with Crippen molar-refractivity contribution in [1.29, 1.82) is 0 Å². The Hall–Kier alpha value is -3.76. The minimum absolute atomic E-state index is 0.0665. The Morgan fingerprint density at radius 2 is 1.83 bits per heavy atom. The van der Waals surface area contributed by atoms with E-state index >= 15 is 0 Å². The quantitative estimate of drug-likeness (QED) is 0.385. The Bertz CT molecular complexity index is 1450. The normalized spacial score (nSPS) is 22.1. The summed E-state index contributed by atoms with van der Waals surface area (Å²) < 4.78 is 55.9. The number of nitrogens with zero attached hydrogens (tertiary/aromatic N) is 7. The largest absolute Gasteiger partial charge is 0.299 e. The van der Waals surface area contributed by atoms with Gasteiger partial charge in [0.1, 0.15) is 18.0 Å². The molecule has 0 amide bonds. The molecule has 0 unspecified atom stereocenters. The summed E-state index contributed by atoms with van der Waals surface area (Å²) >= 11 is 0. The van der Waals surface area contributed by atoms with E-state index in [1.807, 2.05) is 0 Å². The third-order valence-electron chi connectivity index (χ3n) is 7.59. The van der Waals surface area contributed by atoms with Crippen molar-refractivity contribution in [3.05, 3.63) is 77.3 Å². The molecule has 0 aliphatic heterocycles. The van der Waals surface area contributed by atoms with E-state index in [4.69, 9.17) is 0 Å². The highest BCUT2D eigenvalue weighted by molar-refractivity contribution is 5.64. The molecule has 11 heteroatoms. The fourth-order valence-corrected chi connectivity index (χ4v) is 5.93. The molecule has 2 atom stereocenters. The minimum Gasteiger partial charge on any atom is -0.220 e. The summed E-state index contributed by atoms with van der Waals surface area (Å²) in [5.41, 5.74) is 1.19. The summed E-state index contributed by atoms with van der Waals surface area (Å²) in [7, 11) is 0. The molecule has 7 nitrogen and oxygen atoms in total. The molecule has 3 aromatic heterocycles. The molecule has 178 valence electrons. The molecule has 3 heterocycles. The van der Waals surface area contributed by atoms with Crippen molar-refractivity contribution < 1.29 is 17.6 Å². The Labute approximate surface area is 197 Å². The van der Waals surface area contributed by atoms with Crippen LogP contribution in [0.3, 0.4) is 0 Å². The van der Waals surface area contributed by atoms with Crippen molar-refractivity contribution in [2.24, 2.45) is 5.41 Å². The van der Waals surface area contributed by atoms with Gasteiger partial charge in [0, 0.05) is 6.20 Å². The number of fused-ring (bicyclic) bond motifs is 5. The topological polar surface area (TPSA) is 82.3 Å². The van der Waals surface area contributed by atoms with E-state index in [1.165, 1.54) is 18.2 Å². The van der Waals surface area contributed by atoms with Gasteiger partial charge in [-0.1, -0.05) is 19.9 Å². The standard InChI is InChI=1S/C24H19F4N7/c1-23(2)13-6-8-24(23,17-7-9-29-22(31-17)35-11-30-21(34-35)20(27)28)19-12(13)10-16(32-33-19)18-14(25)4-3-5-15(18)26/h3-5,7,9-11,13,20H,6,8H2,1-2H3/t13-,24-/m0/s1. The van der Waals surface area contributed by atoms with Gasteiger partial charge >= 0.3 is 0 Å². The number of benzene rings is 1. The molecule has 6 rings (SSSR count). The molecule has 0 radical (unpaired) electrons. The second kappa shape index (κ2) is 7.37. The van der Waals surface area contributed by atoms with Crippen molar-refractivity contribution in [1.82, 2.24) is 34.9 Å². The maximum atomic E-state index is 14.4. The van der Waals surface area contributed by atoms with Gasteiger partial charge in [-0.3, -0.25) is 0 Å². The molecule has 0 N–H and O–H groups in total. The summed E-state index contributed by atoms with van der Waals surface area (Å²) in [6.45, 7) is 4.23. The van der Waals surface area contributed by atoms with Crippen LogP contribution >= 0.6 is 0 Å². The molecule has 2 bridgehead atoms. The second-order valence-corrected chi connectivity index (χ2v) is 9.44. The second-order valence-electron chi connectivity index (χ2n) is 9.44. The molecule has 4 aromatic rings. The van der Waals surface area contributed by atoms with Crippen LogP contribution in [0.1, 0.15) is 61.8 Å². The Kier molecular flexibility index (Phi) is 4.58. The summed E-state index contributed by atoms with van der Waals surface area (Å²) in [6.07, 6.45) is 1.45. The third kappa shape index (κ3) is 2.90. The smallest absolute Gasteiger partial charge is 0.220 e. The summed E-state index contributed by atoms with van der Waals surface area (Å²) in [6, 6.07) is 7.19. The average molecular weight is 481 g/mol. The van der Waals surface area contributed by atoms with Crippen LogP contribution in [0.5, 0.6) is 0 Å². The van der Waals surface area contributed by atoms with Gasteiger partial charge in [-0.25, -0.2) is 32.5 Å². The molecule has 35 heavy (non-hydrogen) atoms. The summed E-state index contributed by atoms with van der Waals surface area (Å²) in [4.78, 5) is 12.5. The number of alkyl halides is 2. The number of hydrogen-bond acceptors (Lipinski definition) is 6. The molecular formula is C24H19F4N7. The first kappa shape index (κ1) is 21.8. The summed E-state index contributed by atoms with van der Waals surface area (Å²) in [5, 5.41) is 12.5. The molecule has 2 aliphatic rings. The van der Waals surface area contributed by atoms with Gasteiger partial charge in [0.05, 0.1) is 28.1 Å². The highest BCUT2D eigenvalue weighted by Gasteiger charge is 2.65. The first-order chi connectivity index (χ1) is 16.7. The van der Waals surface area contributed by atoms with Crippen LogP contribution < -0.4 is 0 Å². The number of hydrogen-bond donors (Lipinski definition) is 0. The van der Waals surface area contributed by atoms with Crippen LogP contribution in [0.2, 0.25) is 0 Å². The van der Waals surface area contributed by atoms with E-state index < -0.39 is 29.3 Å². The van der Waals surface area contributed by atoms with E-state index in [-0.39, 0.29) is 28.5 Å². The minimum atomic E-state index is -2.81. The van der Waals surface area contributed by atoms with Crippen LogP contribution in [-0.4, -0.2) is 34.9 Å². The molecule has 2 aliphatic carbocycles. The number of rotatable bonds is 4. The monoisotopic (exact) mass is 481 g/mol. The van der Waals surface area contributed by atoms with Crippen molar-refractivity contribution in [3.63, 3.8) is 0 Å². The van der Waals surface area contributed by atoms with Crippen LogP contribution in [0.4, 0.5) is 17.6 Å². The highest BCUT2D eigenvalue weighted by Crippen LogP contribution is 2.69. The first-order valence-corrected chi connectivity index (χ1v) is 11.1. The molecular weight excluding hydrogens is 462 g/mol. The van der Waals surface area contributed by atoms with E-state index in [1.54, 1.807) is 18.3 Å². The SMILES string of the molecule is CC1(C)[C@H]2CC[C@]1(c1ccnc(-n3cnc(C(F)F)n3)n1)c1nnc(-c3c(F)cccc3F)cc12. The van der Waals surface area contributed by atoms with Gasteiger partial charge in [0.2, 0.25) is 5.82 Å². The maximum Gasteiger partial charge on any atom is 0.299 e. The lowest BCUT2D eigenvalue weighted by Gasteiger charge is -2.37. The molecule has 1 fully saturated rings. The van der Waals surface area contributed by atoms with Crippen molar-refractivity contribution in [3.8, 4) is 17.2 Å². The molecule has 1 saturated carbocycles. The van der Waals surface area contributed by atoms with Gasteiger partial charge in [-0.2, -0.15) is 9.78 Å².